The van der Waals surface area contributed by atoms with Crippen LogP contribution < -0.4 is 0 Å². The maximum Gasteiger partial charge on any atom is 0.122 e. The first-order valence-corrected chi connectivity index (χ1v) is 7.93. The van der Waals surface area contributed by atoms with Crippen LogP contribution in [0, 0.1) is 0 Å². The molecule has 1 nitrogen and oxygen atoms in total. The van der Waals surface area contributed by atoms with E-state index in [-0.39, 0.29) is 5.41 Å². The number of phenolic OH excluding ortho intramolecular Hbond substituents is 1. The number of allylic oxidation sites excluding steroid dienone is 4. The molecule has 21 heavy (non-hydrogen) atoms. The predicted octanol–water partition coefficient (Wildman–Crippen LogP) is 5.80. The molecule has 1 atom stereocenters. The van der Waals surface area contributed by atoms with E-state index in [2.05, 4.69) is 72.8 Å². The van der Waals surface area contributed by atoms with Crippen molar-refractivity contribution in [1.29, 1.82) is 0 Å². The first-order chi connectivity index (χ1) is 9.70. The molecule has 0 amide bonds. The smallest absolute Gasteiger partial charge is 0.122 e. The van der Waals surface area contributed by atoms with Gasteiger partial charge < -0.3 is 5.11 Å². The normalized spacial score (nSPS) is 22.0. The second-order valence-corrected chi connectivity index (χ2v) is 7.12. The van der Waals surface area contributed by atoms with Gasteiger partial charge in [0.2, 0.25) is 0 Å². The van der Waals surface area contributed by atoms with E-state index in [0.717, 1.165) is 11.1 Å². The van der Waals surface area contributed by atoms with Crippen molar-refractivity contribution in [3.05, 3.63) is 52.1 Å². The molecule has 1 aliphatic carbocycles. The molecule has 0 aliphatic heterocycles. The molecule has 1 aromatic carbocycles. The highest BCUT2D eigenvalue weighted by Gasteiger charge is 2.34. The molecular formula is C20H28O. The second-order valence-electron chi connectivity index (χ2n) is 7.12. The van der Waals surface area contributed by atoms with Gasteiger partial charge in [0.05, 0.1) is 0 Å². The van der Waals surface area contributed by atoms with Crippen molar-refractivity contribution in [2.75, 3.05) is 0 Å². The summed E-state index contributed by atoms with van der Waals surface area (Å²) in [7, 11) is 0. The fourth-order valence-corrected chi connectivity index (χ4v) is 3.37. The fraction of sp³-hybridized carbons (Fsp3) is 0.500. The number of hydrogen-bond donors (Lipinski definition) is 1. The first kappa shape index (κ1) is 15.9. The van der Waals surface area contributed by atoms with E-state index in [1.807, 2.05) is 0 Å². The van der Waals surface area contributed by atoms with Gasteiger partial charge in [0, 0.05) is 11.0 Å². The molecular weight excluding hydrogens is 256 g/mol. The molecule has 114 valence electrons. The van der Waals surface area contributed by atoms with Crippen molar-refractivity contribution in [1.82, 2.24) is 0 Å². The Hall–Kier alpha value is -1.50. The summed E-state index contributed by atoms with van der Waals surface area (Å²) in [5, 5.41) is 10.8. The minimum atomic E-state index is -0.101. The SMILES string of the molecule is CC1=C(C)C(C)(c2ccc(C(C)C)c(O)c2C(C)C)C=C1. The number of hydrogen-bond acceptors (Lipinski definition) is 1. The Morgan fingerprint density at radius 2 is 1.62 bits per heavy atom. The summed E-state index contributed by atoms with van der Waals surface area (Å²) in [5.41, 5.74) is 6.00. The predicted molar refractivity (Wildman–Crippen MR) is 91.2 cm³/mol. The number of aromatic hydroxyl groups is 1. The van der Waals surface area contributed by atoms with Gasteiger partial charge in [-0.3, -0.25) is 0 Å². The summed E-state index contributed by atoms with van der Waals surface area (Å²) in [6.45, 7) is 15.2. The van der Waals surface area contributed by atoms with E-state index < -0.39 is 0 Å². The lowest BCUT2D eigenvalue weighted by Gasteiger charge is -2.31. The van der Waals surface area contributed by atoms with E-state index in [1.54, 1.807) is 0 Å². The maximum atomic E-state index is 10.8. The average Bonchev–Trinajstić information content (AvgIpc) is 2.66. The van der Waals surface area contributed by atoms with Crippen LogP contribution in [0.5, 0.6) is 5.75 Å². The Bertz CT molecular complexity index is 617. The molecule has 0 saturated carbocycles. The maximum absolute atomic E-state index is 10.8. The van der Waals surface area contributed by atoms with Crippen LogP contribution in [0.15, 0.2) is 35.4 Å². The highest BCUT2D eigenvalue weighted by atomic mass is 16.3. The third-order valence-corrected chi connectivity index (χ3v) is 5.04. The number of phenols is 1. The first-order valence-electron chi connectivity index (χ1n) is 7.93. The molecule has 0 radical (unpaired) electrons. The van der Waals surface area contributed by atoms with Crippen molar-refractivity contribution in [3.8, 4) is 5.75 Å². The van der Waals surface area contributed by atoms with E-state index in [0.29, 0.717) is 17.6 Å². The monoisotopic (exact) mass is 284 g/mol. The summed E-state index contributed by atoms with van der Waals surface area (Å²) in [4.78, 5) is 0. The highest BCUT2D eigenvalue weighted by Crippen LogP contribution is 2.46. The van der Waals surface area contributed by atoms with Crippen LogP contribution >= 0.6 is 0 Å². The molecule has 0 spiro atoms. The minimum Gasteiger partial charge on any atom is -0.507 e. The van der Waals surface area contributed by atoms with Gasteiger partial charge in [0.1, 0.15) is 5.75 Å². The Kier molecular flexibility index (Phi) is 4.06. The number of benzene rings is 1. The Labute approximate surface area is 129 Å². The Morgan fingerprint density at radius 1 is 1.00 bits per heavy atom. The van der Waals surface area contributed by atoms with Gasteiger partial charge in [-0.25, -0.2) is 0 Å². The molecule has 1 aromatic rings. The van der Waals surface area contributed by atoms with Gasteiger partial charge in [0.25, 0.3) is 0 Å². The van der Waals surface area contributed by atoms with Crippen LogP contribution in [0.2, 0.25) is 0 Å². The summed E-state index contributed by atoms with van der Waals surface area (Å²) in [6.07, 6.45) is 4.47. The van der Waals surface area contributed by atoms with Gasteiger partial charge in [-0.15, -0.1) is 0 Å². The zero-order valence-electron chi connectivity index (χ0n) is 14.4. The molecule has 1 aliphatic rings. The molecule has 0 heterocycles. The zero-order valence-corrected chi connectivity index (χ0v) is 14.4. The highest BCUT2D eigenvalue weighted by molar-refractivity contribution is 5.58. The van der Waals surface area contributed by atoms with Crippen LogP contribution in [0.1, 0.15) is 77.0 Å². The molecule has 1 unspecified atom stereocenters. The Balaban J connectivity index is 2.72. The van der Waals surface area contributed by atoms with Crippen molar-refractivity contribution < 1.29 is 5.11 Å². The van der Waals surface area contributed by atoms with E-state index in [9.17, 15) is 5.11 Å². The summed E-state index contributed by atoms with van der Waals surface area (Å²) in [5.74, 6) is 1.13. The number of rotatable bonds is 3. The lowest BCUT2D eigenvalue weighted by atomic mass is 9.73. The van der Waals surface area contributed by atoms with Gasteiger partial charge in [-0.1, -0.05) is 63.1 Å². The van der Waals surface area contributed by atoms with Crippen LogP contribution in [-0.2, 0) is 5.41 Å². The van der Waals surface area contributed by atoms with Crippen molar-refractivity contribution in [2.45, 2.75) is 65.7 Å². The molecule has 0 saturated heterocycles. The van der Waals surface area contributed by atoms with Crippen LogP contribution in [0.4, 0.5) is 0 Å². The lowest BCUT2D eigenvalue weighted by Crippen LogP contribution is -2.22. The van der Waals surface area contributed by atoms with Crippen molar-refractivity contribution in [3.63, 3.8) is 0 Å². The molecule has 1 heteroatoms. The van der Waals surface area contributed by atoms with Gasteiger partial charge >= 0.3 is 0 Å². The summed E-state index contributed by atoms with van der Waals surface area (Å²) >= 11 is 0. The van der Waals surface area contributed by atoms with Gasteiger partial charge in [-0.05, 0) is 43.7 Å². The minimum absolute atomic E-state index is 0.101. The second kappa shape index (κ2) is 5.36. The van der Waals surface area contributed by atoms with Crippen LogP contribution in [0.3, 0.4) is 0 Å². The molecule has 2 rings (SSSR count). The topological polar surface area (TPSA) is 20.2 Å². The van der Waals surface area contributed by atoms with Crippen molar-refractivity contribution >= 4 is 0 Å². The average molecular weight is 284 g/mol. The molecule has 0 fully saturated rings. The van der Waals surface area contributed by atoms with Gasteiger partial charge in [-0.2, -0.15) is 0 Å². The Morgan fingerprint density at radius 3 is 2.05 bits per heavy atom. The zero-order chi connectivity index (χ0) is 15.9. The molecule has 0 aromatic heterocycles. The largest absolute Gasteiger partial charge is 0.507 e. The fourth-order valence-electron chi connectivity index (χ4n) is 3.37. The summed E-state index contributed by atoms with van der Waals surface area (Å²) < 4.78 is 0. The van der Waals surface area contributed by atoms with E-state index in [4.69, 9.17) is 0 Å². The molecule has 1 N–H and O–H groups in total. The quantitative estimate of drug-likeness (QED) is 0.743. The summed E-state index contributed by atoms with van der Waals surface area (Å²) in [6, 6.07) is 4.32. The standard InChI is InChI=1S/C20H28O/c1-12(2)16-8-9-17(18(13(3)4)19(16)21)20(7)11-10-14(5)15(20)6/h8-13,21H,1-7H3. The van der Waals surface area contributed by atoms with E-state index in [1.165, 1.54) is 16.7 Å². The lowest BCUT2D eigenvalue weighted by molar-refractivity contribution is 0.451. The third-order valence-electron chi connectivity index (χ3n) is 5.04. The van der Waals surface area contributed by atoms with Gasteiger partial charge in [0.15, 0.2) is 0 Å². The van der Waals surface area contributed by atoms with Crippen molar-refractivity contribution in [2.24, 2.45) is 0 Å². The van der Waals surface area contributed by atoms with Crippen LogP contribution in [-0.4, -0.2) is 5.11 Å². The van der Waals surface area contributed by atoms with Crippen LogP contribution in [0.25, 0.3) is 0 Å². The van der Waals surface area contributed by atoms with E-state index >= 15 is 0 Å². The third kappa shape index (κ3) is 2.43. The molecule has 0 bridgehead atoms.